The molecule has 2 rings (SSSR count). The van der Waals surface area contributed by atoms with E-state index < -0.39 is 0 Å². The zero-order valence-corrected chi connectivity index (χ0v) is 13.8. The molecule has 0 aliphatic rings. The number of carbonyl (C=O) groups is 1. The number of carbonyl (C=O) groups excluding carboxylic acids is 1. The van der Waals surface area contributed by atoms with E-state index in [-0.39, 0.29) is 11.9 Å². The number of hydrogen-bond acceptors (Lipinski definition) is 2. The molecule has 1 unspecified atom stereocenters. The van der Waals surface area contributed by atoms with E-state index in [2.05, 4.69) is 45.2 Å². The lowest BCUT2D eigenvalue weighted by Crippen LogP contribution is -2.40. The van der Waals surface area contributed by atoms with Crippen LogP contribution < -0.4 is 10.2 Å². The van der Waals surface area contributed by atoms with Gasteiger partial charge in [0.2, 0.25) is 0 Å². The average molecular weight is 347 g/mol. The van der Waals surface area contributed by atoms with Gasteiger partial charge < -0.3 is 10.2 Å². The Bertz CT molecular complexity index is 601. The number of nitrogens with one attached hydrogen (secondary N) is 1. The predicted molar refractivity (Wildman–Crippen MR) is 90.8 cm³/mol. The van der Waals surface area contributed by atoms with Crippen LogP contribution in [0.3, 0.4) is 0 Å². The average Bonchev–Trinajstić information content (AvgIpc) is 2.52. The van der Waals surface area contributed by atoms with Crippen LogP contribution in [-0.2, 0) is 0 Å². The number of hydrogen-bond donors (Lipinski definition) is 1. The molecule has 0 aromatic heterocycles. The van der Waals surface area contributed by atoms with Crippen LogP contribution in [0.1, 0.15) is 17.3 Å². The standard InChI is InChI=1S/C17H19BrN2O/c1-13(20(2)14-8-4-3-5-9-14)12-19-17(21)15-10-6-7-11-16(15)18/h3-11,13H,12H2,1-2H3,(H,19,21). The highest BCUT2D eigenvalue weighted by Crippen LogP contribution is 2.16. The normalized spacial score (nSPS) is 11.8. The number of rotatable bonds is 5. The van der Waals surface area contributed by atoms with Gasteiger partial charge in [0.05, 0.1) is 5.56 Å². The van der Waals surface area contributed by atoms with Gasteiger partial charge in [-0.1, -0.05) is 30.3 Å². The molecular formula is C17H19BrN2O. The first-order valence-electron chi connectivity index (χ1n) is 6.90. The quantitative estimate of drug-likeness (QED) is 0.894. The first-order valence-corrected chi connectivity index (χ1v) is 7.69. The molecule has 0 aliphatic heterocycles. The monoisotopic (exact) mass is 346 g/mol. The second-order valence-corrected chi connectivity index (χ2v) is 5.84. The Labute approximate surface area is 134 Å². The Morgan fingerprint density at radius 2 is 1.76 bits per heavy atom. The van der Waals surface area contributed by atoms with Gasteiger partial charge in [-0.25, -0.2) is 0 Å². The molecule has 21 heavy (non-hydrogen) atoms. The van der Waals surface area contributed by atoms with Crippen LogP contribution in [0.25, 0.3) is 0 Å². The predicted octanol–water partition coefficient (Wildman–Crippen LogP) is 3.70. The van der Waals surface area contributed by atoms with Gasteiger partial charge in [-0.15, -0.1) is 0 Å². The molecule has 1 amide bonds. The zero-order chi connectivity index (χ0) is 15.2. The Balaban J connectivity index is 1.94. The summed E-state index contributed by atoms with van der Waals surface area (Å²) >= 11 is 3.40. The number of anilines is 1. The van der Waals surface area contributed by atoms with Crippen molar-refractivity contribution in [2.24, 2.45) is 0 Å². The fraction of sp³-hybridized carbons (Fsp3) is 0.235. The first kappa shape index (κ1) is 15.6. The zero-order valence-electron chi connectivity index (χ0n) is 12.2. The van der Waals surface area contributed by atoms with Crippen molar-refractivity contribution in [3.8, 4) is 0 Å². The fourth-order valence-corrected chi connectivity index (χ4v) is 2.50. The maximum absolute atomic E-state index is 12.2. The van der Waals surface area contributed by atoms with Gasteiger partial charge in [0.1, 0.15) is 0 Å². The SMILES string of the molecule is CC(CNC(=O)c1ccccc1Br)N(C)c1ccccc1. The summed E-state index contributed by atoms with van der Waals surface area (Å²) in [7, 11) is 2.03. The smallest absolute Gasteiger partial charge is 0.252 e. The molecule has 4 heteroatoms. The van der Waals surface area contributed by atoms with Crippen LogP contribution in [0.15, 0.2) is 59.1 Å². The second kappa shape index (κ2) is 7.27. The number of amides is 1. The number of likely N-dealkylation sites (N-methyl/N-ethyl adjacent to an activating group) is 1. The minimum atomic E-state index is -0.0595. The Kier molecular flexibility index (Phi) is 5.39. The van der Waals surface area contributed by atoms with Gasteiger partial charge in [0.15, 0.2) is 0 Å². The summed E-state index contributed by atoms with van der Waals surface area (Å²) < 4.78 is 0.812. The van der Waals surface area contributed by atoms with Crippen molar-refractivity contribution in [1.82, 2.24) is 5.32 Å². The van der Waals surface area contributed by atoms with Crippen LogP contribution in [0.4, 0.5) is 5.69 Å². The highest BCUT2D eigenvalue weighted by molar-refractivity contribution is 9.10. The molecular weight excluding hydrogens is 328 g/mol. The molecule has 0 bridgehead atoms. The van der Waals surface area contributed by atoms with Crippen LogP contribution in [0.5, 0.6) is 0 Å². The maximum atomic E-state index is 12.2. The van der Waals surface area contributed by atoms with E-state index in [1.807, 2.05) is 49.5 Å². The summed E-state index contributed by atoms with van der Waals surface area (Å²) in [6, 6.07) is 17.8. The number of nitrogens with zero attached hydrogens (tertiary/aromatic N) is 1. The van der Waals surface area contributed by atoms with Gasteiger partial charge in [0.25, 0.3) is 5.91 Å². The van der Waals surface area contributed by atoms with E-state index in [4.69, 9.17) is 0 Å². The summed E-state index contributed by atoms with van der Waals surface area (Å²) in [6.07, 6.45) is 0. The third kappa shape index (κ3) is 4.08. The number of benzene rings is 2. The molecule has 0 saturated heterocycles. The minimum absolute atomic E-state index is 0.0595. The molecule has 110 valence electrons. The molecule has 0 radical (unpaired) electrons. The summed E-state index contributed by atoms with van der Waals surface area (Å²) in [6.45, 7) is 2.68. The summed E-state index contributed by atoms with van der Waals surface area (Å²) in [4.78, 5) is 14.3. The van der Waals surface area contributed by atoms with Gasteiger partial charge in [-0.2, -0.15) is 0 Å². The third-order valence-corrected chi connectivity index (χ3v) is 4.19. The molecule has 0 saturated carbocycles. The van der Waals surface area contributed by atoms with Crippen LogP contribution >= 0.6 is 15.9 Å². The molecule has 0 aliphatic carbocycles. The Morgan fingerprint density at radius 3 is 2.43 bits per heavy atom. The molecule has 1 N–H and O–H groups in total. The molecule has 0 spiro atoms. The van der Waals surface area contributed by atoms with Crippen molar-refractivity contribution in [2.75, 3.05) is 18.5 Å². The lowest BCUT2D eigenvalue weighted by atomic mass is 10.2. The molecule has 3 nitrogen and oxygen atoms in total. The van der Waals surface area contributed by atoms with Crippen LogP contribution in [0.2, 0.25) is 0 Å². The lowest BCUT2D eigenvalue weighted by Gasteiger charge is -2.27. The van der Waals surface area contributed by atoms with Gasteiger partial charge >= 0.3 is 0 Å². The molecule has 2 aromatic carbocycles. The van der Waals surface area contributed by atoms with Crippen molar-refractivity contribution in [2.45, 2.75) is 13.0 Å². The van der Waals surface area contributed by atoms with Gasteiger partial charge in [0, 0.05) is 29.8 Å². The Hall–Kier alpha value is -1.81. The van der Waals surface area contributed by atoms with Crippen molar-refractivity contribution in [1.29, 1.82) is 0 Å². The van der Waals surface area contributed by atoms with E-state index in [0.717, 1.165) is 10.2 Å². The molecule has 2 aromatic rings. The van der Waals surface area contributed by atoms with Gasteiger partial charge in [-0.05, 0) is 47.1 Å². The van der Waals surface area contributed by atoms with E-state index in [9.17, 15) is 4.79 Å². The molecule has 0 fully saturated rings. The minimum Gasteiger partial charge on any atom is -0.370 e. The van der Waals surface area contributed by atoms with E-state index in [1.54, 1.807) is 0 Å². The first-order chi connectivity index (χ1) is 10.1. The van der Waals surface area contributed by atoms with Gasteiger partial charge in [-0.3, -0.25) is 4.79 Å². The lowest BCUT2D eigenvalue weighted by molar-refractivity contribution is 0.0951. The van der Waals surface area contributed by atoms with Crippen molar-refractivity contribution in [3.63, 3.8) is 0 Å². The topological polar surface area (TPSA) is 32.3 Å². The number of para-hydroxylation sites is 1. The van der Waals surface area contributed by atoms with Crippen molar-refractivity contribution >= 4 is 27.5 Å². The number of halogens is 1. The summed E-state index contributed by atoms with van der Waals surface area (Å²) in [5.74, 6) is -0.0595. The second-order valence-electron chi connectivity index (χ2n) is 4.99. The Morgan fingerprint density at radius 1 is 1.14 bits per heavy atom. The largest absolute Gasteiger partial charge is 0.370 e. The fourth-order valence-electron chi connectivity index (χ4n) is 2.04. The van der Waals surface area contributed by atoms with E-state index in [0.29, 0.717) is 12.1 Å². The summed E-state index contributed by atoms with van der Waals surface area (Å²) in [5.41, 5.74) is 1.80. The molecule has 0 heterocycles. The maximum Gasteiger partial charge on any atom is 0.252 e. The van der Waals surface area contributed by atoms with Crippen molar-refractivity contribution in [3.05, 3.63) is 64.6 Å². The highest BCUT2D eigenvalue weighted by Gasteiger charge is 2.13. The van der Waals surface area contributed by atoms with Crippen molar-refractivity contribution < 1.29 is 4.79 Å². The van der Waals surface area contributed by atoms with Crippen LogP contribution in [0, 0.1) is 0 Å². The highest BCUT2D eigenvalue weighted by atomic mass is 79.9. The van der Waals surface area contributed by atoms with E-state index >= 15 is 0 Å². The third-order valence-electron chi connectivity index (χ3n) is 3.50. The molecule has 1 atom stereocenters. The van der Waals surface area contributed by atoms with E-state index in [1.165, 1.54) is 0 Å². The summed E-state index contributed by atoms with van der Waals surface area (Å²) in [5, 5.41) is 2.98. The van der Waals surface area contributed by atoms with Crippen LogP contribution in [-0.4, -0.2) is 25.5 Å².